The summed E-state index contributed by atoms with van der Waals surface area (Å²) in [5.41, 5.74) is 6.41. The molecule has 6 heteroatoms. The van der Waals surface area contributed by atoms with Crippen LogP contribution in [0.25, 0.3) is 0 Å². The Balaban J connectivity index is 2.23. The molecule has 1 heterocycles. The quantitative estimate of drug-likeness (QED) is 0.845. The van der Waals surface area contributed by atoms with E-state index in [1.54, 1.807) is 36.0 Å². The number of anilines is 1. The van der Waals surface area contributed by atoms with Crippen molar-refractivity contribution in [1.29, 1.82) is 0 Å². The number of hydrogen-bond donors (Lipinski definition) is 2. The average Bonchev–Trinajstić information content (AvgIpc) is 2.39. The van der Waals surface area contributed by atoms with Crippen LogP contribution in [0.15, 0.2) is 24.3 Å². The van der Waals surface area contributed by atoms with Gasteiger partial charge in [0.05, 0.1) is 0 Å². The van der Waals surface area contributed by atoms with Gasteiger partial charge in [0.15, 0.2) is 0 Å². The van der Waals surface area contributed by atoms with E-state index in [2.05, 4.69) is 0 Å². The Morgan fingerprint density at radius 3 is 2.56 bits per heavy atom. The Morgan fingerprint density at radius 2 is 2.00 bits per heavy atom. The van der Waals surface area contributed by atoms with Gasteiger partial charge in [0, 0.05) is 29.3 Å². The van der Waals surface area contributed by atoms with Gasteiger partial charge in [0.1, 0.15) is 6.04 Å². The Kier molecular flexibility index (Phi) is 3.76. The lowest BCUT2D eigenvalue weighted by atomic mass is 10.1. The molecule has 96 valence electrons. The van der Waals surface area contributed by atoms with Gasteiger partial charge in [0.2, 0.25) is 5.91 Å². The van der Waals surface area contributed by atoms with Gasteiger partial charge in [-0.3, -0.25) is 4.79 Å². The summed E-state index contributed by atoms with van der Waals surface area (Å²) in [6.45, 7) is 0.692. The molecule has 1 saturated heterocycles. The third-order valence-electron chi connectivity index (χ3n) is 2.90. The maximum atomic E-state index is 11.2. The third-order valence-corrected chi connectivity index (χ3v) is 3.92. The lowest BCUT2D eigenvalue weighted by Crippen LogP contribution is -2.47. The van der Waals surface area contributed by atoms with E-state index < -0.39 is 17.9 Å². The predicted molar refractivity (Wildman–Crippen MR) is 71.1 cm³/mol. The molecule has 0 bridgehead atoms. The SMILES string of the molecule is NC(=O)c1ccc(N2CCSCC2C(=O)O)cc1. The molecule has 2 rings (SSSR count). The van der Waals surface area contributed by atoms with Crippen LogP contribution in [0.3, 0.4) is 0 Å². The highest BCUT2D eigenvalue weighted by Gasteiger charge is 2.28. The first-order valence-electron chi connectivity index (χ1n) is 5.56. The Bertz CT molecular complexity index is 461. The van der Waals surface area contributed by atoms with Gasteiger partial charge in [-0.25, -0.2) is 4.79 Å². The van der Waals surface area contributed by atoms with E-state index in [0.717, 1.165) is 11.4 Å². The maximum Gasteiger partial charge on any atom is 0.327 e. The van der Waals surface area contributed by atoms with Crippen molar-refractivity contribution >= 4 is 29.3 Å². The molecule has 1 aliphatic rings. The number of thioether (sulfide) groups is 1. The largest absolute Gasteiger partial charge is 0.480 e. The fraction of sp³-hybridized carbons (Fsp3) is 0.333. The van der Waals surface area contributed by atoms with E-state index in [4.69, 9.17) is 5.73 Å². The number of carboxylic acid groups (broad SMARTS) is 1. The van der Waals surface area contributed by atoms with Crippen molar-refractivity contribution in [2.45, 2.75) is 6.04 Å². The highest BCUT2D eigenvalue weighted by molar-refractivity contribution is 7.99. The monoisotopic (exact) mass is 266 g/mol. The molecule has 18 heavy (non-hydrogen) atoms. The Labute approximate surface area is 109 Å². The first-order chi connectivity index (χ1) is 8.59. The molecule has 0 radical (unpaired) electrons. The van der Waals surface area contributed by atoms with E-state index >= 15 is 0 Å². The summed E-state index contributed by atoms with van der Waals surface area (Å²) < 4.78 is 0. The number of rotatable bonds is 3. The summed E-state index contributed by atoms with van der Waals surface area (Å²) in [4.78, 5) is 24.0. The standard InChI is InChI=1S/C12H14N2O3S/c13-11(15)8-1-3-9(4-2-8)14-5-6-18-7-10(14)12(16)17/h1-4,10H,5-7H2,(H2,13,15)(H,16,17). The fourth-order valence-electron chi connectivity index (χ4n) is 1.93. The van der Waals surface area contributed by atoms with Gasteiger partial charge in [-0.05, 0) is 24.3 Å². The topological polar surface area (TPSA) is 83.6 Å². The summed E-state index contributed by atoms with van der Waals surface area (Å²) in [7, 11) is 0. The zero-order chi connectivity index (χ0) is 13.1. The highest BCUT2D eigenvalue weighted by atomic mass is 32.2. The van der Waals surface area contributed by atoms with Crippen LogP contribution in [0, 0.1) is 0 Å². The molecule has 5 nitrogen and oxygen atoms in total. The van der Waals surface area contributed by atoms with Crippen LogP contribution in [0.2, 0.25) is 0 Å². The van der Waals surface area contributed by atoms with Crippen LogP contribution in [-0.4, -0.2) is 41.1 Å². The van der Waals surface area contributed by atoms with Crippen LogP contribution in [0.5, 0.6) is 0 Å². The molecule has 1 unspecified atom stereocenters. The Morgan fingerprint density at radius 1 is 1.33 bits per heavy atom. The second kappa shape index (κ2) is 5.30. The summed E-state index contributed by atoms with van der Waals surface area (Å²) in [6.07, 6.45) is 0. The normalized spacial score (nSPS) is 19.6. The van der Waals surface area contributed by atoms with Crippen molar-refractivity contribution in [3.8, 4) is 0 Å². The Hall–Kier alpha value is -1.69. The molecule has 0 aromatic heterocycles. The molecule has 0 saturated carbocycles. The van der Waals surface area contributed by atoms with Gasteiger partial charge in [-0.1, -0.05) is 0 Å². The average molecular weight is 266 g/mol. The van der Waals surface area contributed by atoms with Crippen molar-refractivity contribution in [3.05, 3.63) is 29.8 Å². The summed E-state index contributed by atoms with van der Waals surface area (Å²) >= 11 is 1.64. The zero-order valence-electron chi connectivity index (χ0n) is 9.70. The first-order valence-corrected chi connectivity index (χ1v) is 6.72. The molecule has 1 amide bonds. The van der Waals surface area contributed by atoms with Crippen LogP contribution in [-0.2, 0) is 4.79 Å². The molecule has 1 aliphatic heterocycles. The molecular formula is C12H14N2O3S. The number of amides is 1. The third kappa shape index (κ3) is 2.59. The predicted octanol–water partition coefficient (Wildman–Crippen LogP) is 0.792. The summed E-state index contributed by atoms with van der Waals surface area (Å²) in [5.74, 6) is 0.181. The van der Waals surface area contributed by atoms with Gasteiger partial charge < -0.3 is 15.7 Å². The van der Waals surface area contributed by atoms with Gasteiger partial charge in [-0.15, -0.1) is 0 Å². The van der Waals surface area contributed by atoms with Crippen LogP contribution in [0.4, 0.5) is 5.69 Å². The van der Waals surface area contributed by atoms with E-state index in [0.29, 0.717) is 17.9 Å². The van der Waals surface area contributed by atoms with Gasteiger partial charge in [0.25, 0.3) is 0 Å². The second-order valence-corrected chi connectivity index (χ2v) is 5.18. The van der Waals surface area contributed by atoms with Gasteiger partial charge in [-0.2, -0.15) is 11.8 Å². The molecular weight excluding hydrogens is 252 g/mol. The van der Waals surface area contributed by atoms with E-state index in [-0.39, 0.29) is 0 Å². The number of nitrogens with two attached hydrogens (primary N) is 1. The molecule has 0 spiro atoms. The smallest absolute Gasteiger partial charge is 0.327 e. The maximum absolute atomic E-state index is 11.2. The van der Waals surface area contributed by atoms with Crippen molar-refractivity contribution < 1.29 is 14.7 Å². The minimum atomic E-state index is -0.818. The molecule has 1 aromatic carbocycles. The number of primary amides is 1. The number of hydrogen-bond acceptors (Lipinski definition) is 4. The summed E-state index contributed by atoms with van der Waals surface area (Å²) in [5, 5.41) is 9.18. The molecule has 1 fully saturated rings. The van der Waals surface area contributed by atoms with E-state index in [9.17, 15) is 14.7 Å². The number of carboxylic acids is 1. The molecule has 1 aromatic rings. The number of nitrogens with zero attached hydrogens (tertiary/aromatic N) is 1. The van der Waals surface area contributed by atoms with Crippen LogP contribution < -0.4 is 10.6 Å². The minimum Gasteiger partial charge on any atom is -0.480 e. The van der Waals surface area contributed by atoms with Gasteiger partial charge >= 0.3 is 5.97 Å². The highest BCUT2D eigenvalue weighted by Crippen LogP contribution is 2.24. The van der Waals surface area contributed by atoms with Crippen LogP contribution >= 0.6 is 11.8 Å². The van der Waals surface area contributed by atoms with E-state index in [1.165, 1.54) is 0 Å². The van der Waals surface area contributed by atoms with Crippen LogP contribution in [0.1, 0.15) is 10.4 Å². The number of carbonyl (C=O) groups is 2. The van der Waals surface area contributed by atoms with Crippen molar-refractivity contribution in [3.63, 3.8) is 0 Å². The first kappa shape index (κ1) is 12.8. The second-order valence-electron chi connectivity index (χ2n) is 4.03. The van der Waals surface area contributed by atoms with Crippen molar-refractivity contribution in [1.82, 2.24) is 0 Å². The molecule has 3 N–H and O–H groups in total. The number of benzene rings is 1. The molecule has 1 atom stereocenters. The minimum absolute atomic E-state index is 0.428. The zero-order valence-corrected chi connectivity index (χ0v) is 10.5. The number of aliphatic carboxylic acids is 1. The van der Waals surface area contributed by atoms with E-state index in [1.807, 2.05) is 4.90 Å². The molecule has 0 aliphatic carbocycles. The fourth-order valence-corrected chi connectivity index (χ4v) is 2.97. The lowest BCUT2D eigenvalue weighted by Gasteiger charge is -2.34. The lowest BCUT2D eigenvalue weighted by molar-refractivity contribution is -0.138. The summed E-state index contributed by atoms with van der Waals surface area (Å²) in [6, 6.07) is 6.22. The van der Waals surface area contributed by atoms with Crippen molar-refractivity contribution in [2.24, 2.45) is 5.73 Å². The van der Waals surface area contributed by atoms with Crippen molar-refractivity contribution in [2.75, 3.05) is 23.0 Å². The number of carbonyl (C=O) groups excluding carboxylic acids is 1.